The van der Waals surface area contributed by atoms with Crippen LogP contribution in [0.25, 0.3) is 10.8 Å². The molecule has 0 bridgehead atoms. The van der Waals surface area contributed by atoms with Crippen molar-refractivity contribution in [1.82, 2.24) is 15.6 Å². The summed E-state index contributed by atoms with van der Waals surface area (Å²) in [5.74, 6) is 0.226. The van der Waals surface area contributed by atoms with E-state index in [0.717, 1.165) is 16.3 Å². The van der Waals surface area contributed by atoms with Crippen LogP contribution in [0.4, 0.5) is 0 Å². The van der Waals surface area contributed by atoms with Gasteiger partial charge in [0.2, 0.25) is 0 Å². The molecule has 29 heavy (non-hydrogen) atoms. The molecule has 6 heteroatoms. The fourth-order valence-corrected chi connectivity index (χ4v) is 3.07. The summed E-state index contributed by atoms with van der Waals surface area (Å²) in [5.41, 5.74) is 1.73. The lowest BCUT2D eigenvalue weighted by molar-refractivity contribution is 0.0942. The summed E-state index contributed by atoms with van der Waals surface area (Å²) in [7, 11) is 0. The summed E-state index contributed by atoms with van der Waals surface area (Å²) in [4.78, 5) is 29.2. The maximum Gasteiger partial charge on any atom is 0.270 e. The van der Waals surface area contributed by atoms with Gasteiger partial charge in [0.05, 0.1) is 12.8 Å². The molecule has 0 aliphatic rings. The predicted octanol–water partition coefficient (Wildman–Crippen LogP) is 3.69. The number of aromatic nitrogens is 1. The maximum atomic E-state index is 12.6. The van der Waals surface area contributed by atoms with E-state index in [1.807, 2.05) is 36.4 Å². The van der Waals surface area contributed by atoms with Crippen LogP contribution in [0.5, 0.6) is 0 Å². The molecule has 4 rings (SSSR count). The van der Waals surface area contributed by atoms with Gasteiger partial charge in [-0.1, -0.05) is 36.4 Å². The first kappa shape index (κ1) is 18.4. The molecule has 2 aromatic carbocycles. The second-order valence-corrected chi connectivity index (χ2v) is 6.53. The third-order valence-corrected chi connectivity index (χ3v) is 4.53. The van der Waals surface area contributed by atoms with Crippen molar-refractivity contribution in [2.45, 2.75) is 13.1 Å². The van der Waals surface area contributed by atoms with Gasteiger partial charge in [-0.05, 0) is 41.3 Å². The summed E-state index contributed by atoms with van der Waals surface area (Å²) in [5, 5.41) is 7.45. The molecule has 0 radical (unpaired) electrons. The van der Waals surface area contributed by atoms with Gasteiger partial charge in [0.25, 0.3) is 11.8 Å². The zero-order valence-corrected chi connectivity index (χ0v) is 15.6. The monoisotopic (exact) mass is 385 g/mol. The quantitative estimate of drug-likeness (QED) is 0.530. The number of hydrogen-bond donors (Lipinski definition) is 2. The average Bonchev–Trinajstić information content (AvgIpc) is 3.29. The Morgan fingerprint density at radius 1 is 0.862 bits per heavy atom. The lowest BCUT2D eigenvalue weighted by Crippen LogP contribution is -2.25. The van der Waals surface area contributed by atoms with E-state index in [4.69, 9.17) is 4.42 Å². The first-order valence-corrected chi connectivity index (χ1v) is 9.22. The van der Waals surface area contributed by atoms with E-state index < -0.39 is 0 Å². The molecule has 144 valence electrons. The number of furan rings is 1. The number of carbonyl (C=O) groups excluding carboxylic acids is 2. The van der Waals surface area contributed by atoms with Crippen LogP contribution in [0.15, 0.2) is 83.6 Å². The van der Waals surface area contributed by atoms with Gasteiger partial charge in [0.15, 0.2) is 0 Å². The molecule has 0 aliphatic carbocycles. The Hall–Kier alpha value is -3.93. The van der Waals surface area contributed by atoms with Gasteiger partial charge in [-0.15, -0.1) is 0 Å². The van der Waals surface area contributed by atoms with Crippen molar-refractivity contribution in [1.29, 1.82) is 0 Å². The molecule has 2 heterocycles. The Bertz CT molecular complexity index is 1150. The van der Waals surface area contributed by atoms with E-state index >= 15 is 0 Å². The normalized spacial score (nSPS) is 10.6. The molecule has 0 saturated heterocycles. The second kappa shape index (κ2) is 8.39. The molecule has 0 atom stereocenters. The minimum Gasteiger partial charge on any atom is -0.467 e. The number of benzene rings is 2. The number of pyridine rings is 1. The standard InChI is InChI=1S/C23H19N3O3/c27-22(26-15-19-8-4-12-29-19)18-7-3-5-16(13-18)14-25-23(28)21-20-9-2-1-6-17(20)10-11-24-21/h1-13H,14-15H2,(H,25,28)(H,26,27). The molecule has 0 unspecified atom stereocenters. The number of amides is 2. The minimum atomic E-state index is -0.255. The van der Waals surface area contributed by atoms with Crippen LogP contribution < -0.4 is 10.6 Å². The van der Waals surface area contributed by atoms with E-state index in [0.29, 0.717) is 30.1 Å². The smallest absolute Gasteiger partial charge is 0.270 e. The number of fused-ring (bicyclic) bond motifs is 1. The SMILES string of the molecule is O=C(NCc1ccco1)c1cccc(CNC(=O)c2nccc3ccccc23)c1. The minimum absolute atomic E-state index is 0.203. The summed E-state index contributed by atoms with van der Waals surface area (Å²) in [6.45, 7) is 0.614. The molecular weight excluding hydrogens is 366 g/mol. The zero-order valence-electron chi connectivity index (χ0n) is 15.6. The van der Waals surface area contributed by atoms with Crippen molar-refractivity contribution in [2.24, 2.45) is 0 Å². The highest BCUT2D eigenvalue weighted by atomic mass is 16.3. The lowest BCUT2D eigenvalue weighted by Gasteiger charge is -2.09. The molecule has 2 aromatic heterocycles. The van der Waals surface area contributed by atoms with E-state index in [-0.39, 0.29) is 11.8 Å². The van der Waals surface area contributed by atoms with E-state index in [9.17, 15) is 9.59 Å². The third-order valence-electron chi connectivity index (χ3n) is 4.53. The Morgan fingerprint density at radius 3 is 2.59 bits per heavy atom. The van der Waals surface area contributed by atoms with Crippen LogP contribution in [-0.4, -0.2) is 16.8 Å². The Labute approximate surface area is 167 Å². The van der Waals surface area contributed by atoms with Crippen molar-refractivity contribution < 1.29 is 14.0 Å². The van der Waals surface area contributed by atoms with Gasteiger partial charge in [0.1, 0.15) is 11.5 Å². The van der Waals surface area contributed by atoms with E-state index in [1.54, 1.807) is 42.8 Å². The summed E-state index contributed by atoms with van der Waals surface area (Å²) in [6.07, 6.45) is 3.19. The van der Waals surface area contributed by atoms with Crippen molar-refractivity contribution in [3.05, 3.63) is 102 Å². The molecule has 6 nitrogen and oxygen atoms in total. The maximum absolute atomic E-state index is 12.6. The van der Waals surface area contributed by atoms with Crippen LogP contribution in [0.1, 0.15) is 32.2 Å². The highest BCUT2D eigenvalue weighted by molar-refractivity contribution is 6.05. The van der Waals surface area contributed by atoms with Crippen LogP contribution in [0, 0.1) is 0 Å². The Kier molecular flexibility index (Phi) is 5.33. The molecule has 0 aliphatic heterocycles. The summed E-state index contributed by atoms with van der Waals surface area (Å²) >= 11 is 0. The van der Waals surface area contributed by atoms with Crippen molar-refractivity contribution in [3.8, 4) is 0 Å². The number of nitrogens with one attached hydrogen (secondary N) is 2. The fraction of sp³-hybridized carbons (Fsp3) is 0.0870. The van der Waals surface area contributed by atoms with E-state index in [1.165, 1.54) is 0 Å². The number of hydrogen-bond acceptors (Lipinski definition) is 4. The van der Waals surface area contributed by atoms with Crippen LogP contribution >= 0.6 is 0 Å². The third kappa shape index (κ3) is 4.32. The van der Waals surface area contributed by atoms with Crippen molar-refractivity contribution in [2.75, 3.05) is 0 Å². The van der Waals surface area contributed by atoms with Crippen LogP contribution in [0.2, 0.25) is 0 Å². The Balaban J connectivity index is 1.41. The van der Waals surface area contributed by atoms with Gasteiger partial charge >= 0.3 is 0 Å². The van der Waals surface area contributed by atoms with E-state index in [2.05, 4.69) is 15.6 Å². The molecule has 0 saturated carbocycles. The van der Waals surface area contributed by atoms with Crippen molar-refractivity contribution >= 4 is 22.6 Å². The topological polar surface area (TPSA) is 84.2 Å². The number of carbonyl (C=O) groups is 2. The first-order chi connectivity index (χ1) is 14.2. The lowest BCUT2D eigenvalue weighted by atomic mass is 10.1. The van der Waals surface area contributed by atoms with Gasteiger partial charge in [-0.25, -0.2) is 0 Å². The summed E-state index contributed by atoms with van der Waals surface area (Å²) < 4.78 is 5.21. The highest BCUT2D eigenvalue weighted by Gasteiger charge is 2.12. The van der Waals surface area contributed by atoms with Gasteiger partial charge in [-0.2, -0.15) is 0 Å². The van der Waals surface area contributed by atoms with Crippen molar-refractivity contribution in [3.63, 3.8) is 0 Å². The van der Waals surface area contributed by atoms with Crippen LogP contribution in [-0.2, 0) is 13.1 Å². The molecule has 4 aromatic rings. The largest absolute Gasteiger partial charge is 0.467 e. The molecule has 2 N–H and O–H groups in total. The summed E-state index contributed by atoms with van der Waals surface area (Å²) in [6, 6.07) is 20.2. The second-order valence-electron chi connectivity index (χ2n) is 6.53. The molecular formula is C23H19N3O3. The fourth-order valence-electron chi connectivity index (χ4n) is 3.07. The average molecular weight is 385 g/mol. The number of nitrogens with zero attached hydrogens (tertiary/aromatic N) is 1. The van der Waals surface area contributed by atoms with Gasteiger partial charge < -0.3 is 15.1 Å². The first-order valence-electron chi connectivity index (χ1n) is 9.22. The predicted molar refractivity (Wildman–Crippen MR) is 109 cm³/mol. The van der Waals surface area contributed by atoms with Gasteiger partial charge in [0, 0.05) is 23.7 Å². The molecule has 0 spiro atoms. The molecule has 0 fully saturated rings. The Morgan fingerprint density at radius 2 is 1.72 bits per heavy atom. The van der Waals surface area contributed by atoms with Gasteiger partial charge in [-0.3, -0.25) is 14.6 Å². The zero-order chi connectivity index (χ0) is 20.1. The number of rotatable bonds is 6. The highest BCUT2D eigenvalue weighted by Crippen LogP contribution is 2.16. The van der Waals surface area contributed by atoms with Crippen LogP contribution in [0.3, 0.4) is 0 Å². The molecule has 2 amide bonds.